The third kappa shape index (κ3) is 3.32. The van der Waals surface area contributed by atoms with Crippen molar-refractivity contribution in [3.8, 4) is 0 Å². The van der Waals surface area contributed by atoms with E-state index >= 15 is 0 Å². The lowest BCUT2D eigenvalue weighted by Gasteiger charge is -2.22. The van der Waals surface area contributed by atoms with Gasteiger partial charge in [-0.1, -0.05) is 24.3 Å². The highest BCUT2D eigenvalue weighted by Gasteiger charge is 2.51. The molecule has 6 nitrogen and oxygen atoms in total. The Morgan fingerprint density at radius 1 is 1.30 bits per heavy atom. The Hall–Kier alpha value is -2.73. The molecule has 4 rings (SSSR count). The second-order valence-electron chi connectivity index (χ2n) is 7.31. The molecule has 0 bridgehead atoms. The first-order valence-electron chi connectivity index (χ1n) is 9.25. The topological polar surface area (TPSA) is 71.5 Å². The number of amides is 2. The van der Waals surface area contributed by atoms with E-state index in [1.807, 2.05) is 36.4 Å². The maximum absolute atomic E-state index is 12.6. The number of para-hydroxylation sites is 1. The lowest BCUT2D eigenvalue weighted by atomic mass is 9.80. The van der Waals surface area contributed by atoms with Gasteiger partial charge in [-0.15, -0.1) is 0 Å². The fourth-order valence-corrected chi connectivity index (χ4v) is 4.10. The van der Waals surface area contributed by atoms with Gasteiger partial charge in [0.05, 0.1) is 6.61 Å². The van der Waals surface area contributed by atoms with E-state index in [-0.39, 0.29) is 17.2 Å². The van der Waals surface area contributed by atoms with E-state index in [0.29, 0.717) is 26.1 Å². The summed E-state index contributed by atoms with van der Waals surface area (Å²) in [5.41, 5.74) is 2.83. The van der Waals surface area contributed by atoms with Crippen molar-refractivity contribution in [1.29, 1.82) is 0 Å². The van der Waals surface area contributed by atoms with Crippen LogP contribution in [0.25, 0.3) is 0 Å². The number of rotatable bonds is 4. The Bertz CT molecular complexity index is 855. The molecule has 3 heterocycles. The zero-order valence-corrected chi connectivity index (χ0v) is 15.4. The first kappa shape index (κ1) is 17.7. The molecular weight excluding hydrogens is 342 g/mol. The van der Waals surface area contributed by atoms with E-state index in [9.17, 15) is 9.59 Å². The van der Waals surface area contributed by atoms with Crippen molar-refractivity contribution in [1.82, 2.24) is 10.3 Å². The van der Waals surface area contributed by atoms with Crippen LogP contribution in [0.3, 0.4) is 0 Å². The number of hydrogen-bond acceptors (Lipinski definition) is 4. The number of fused-ring (bicyclic) bond motifs is 2. The highest BCUT2D eigenvalue weighted by Crippen LogP contribution is 2.47. The van der Waals surface area contributed by atoms with Gasteiger partial charge in [-0.05, 0) is 36.1 Å². The molecule has 0 unspecified atom stereocenters. The third-order valence-corrected chi connectivity index (χ3v) is 5.47. The molecule has 2 aromatic rings. The van der Waals surface area contributed by atoms with E-state index in [2.05, 4.69) is 10.3 Å². The van der Waals surface area contributed by atoms with Crippen LogP contribution in [0.15, 0.2) is 48.8 Å². The minimum Gasteiger partial charge on any atom is -0.367 e. The van der Waals surface area contributed by atoms with Gasteiger partial charge in [0.2, 0.25) is 11.8 Å². The van der Waals surface area contributed by atoms with Crippen molar-refractivity contribution >= 4 is 17.5 Å². The summed E-state index contributed by atoms with van der Waals surface area (Å²) >= 11 is 0. The smallest absolute Gasteiger partial charge is 0.249 e. The first-order chi connectivity index (χ1) is 13.1. The second-order valence-corrected chi connectivity index (χ2v) is 7.31. The summed E-state index contributed by atoms with van der Waals surface area (Å²) in [5.74, 6) is -0.0711. The SMILES string of the molecule is CC(=O)N1C[C@]2(CO[C@@H](C(=O)NCCc3cccnc3)C2)c2ccccc21. The van der Waals surface area contributed by atoms with Crippen LogP contribution in [0.5, 0.6) is 0 Å². The molecule has 1 fully saturated rings. The molecule has 140 valence electrons. The number of carbonyl (C=O) groups excluding carboxylic acids is 2. The van der Waals surface area contributed by atoms with Gasteiger partial charge < -0.3 is 15.0 Å². The average molecular weight is 365 g/mol. The lowest BCUT2D eigenvalue weighted by molar-refractivity contribution is -0.130. The predicted molar refractivity (Wildman–Crippen MR) is 101 cm³/mol. The van der Waals surface area contributed by atoms with Crippen LogP contribution in [0.1, 0.15) is 24.5 Å². The van der Waals surface area contributed by atoms with E-state index in [1.54, 1.807) is 24.2 Å². The monoisotopic (exact) mass is 365 g/mol. The van der Waals surface area contributed by atoms with Gasteiger partial charge in [0.15, 0.2) is 0 Å². The summed E-state index contributed by atoms with van der Waals surface area (Å²) in [6, 6.07) is 11.8. The summed E-state index contributed by atoms with van der Waals surface area (Å²) in [7, 11) is 0. The van der Waals surface area contributed by atoms with Gasteiger partial charge in [-0.25, -0.2) is 0 Å². The van der Waals surface area contributed by atoms with E-state index < -0.39 is 6.10 Å². The average Bonchev–Trinajstić information content (AvgIpc) is 3.26. The molecule has 2 aliphatic heterocycles. The Kier molecular flexibility index (Phi) is 4.66. The number of ether oxygens (including phenoxy) is 1. The number of hydrogen-bond donors (Lipinski definition) is 1. The number of pyridine rings is 1. The molecule has 0 saturated carbocycles. The normalized spacial score (nSPS) is 23.4. The Labute approximate surface area is 158 Å². The standard InChI is InChI=1S/C21H23N3O3/c1-15(25)24-13-21(17-6-2-3-7-18(17)24)11-19(27-14-21)20(26)23-10-8-16-5-4-9-22-12-16/h2-7,9,12,19H,8,10-11,13-14H2,1H3,(H,23,26)/t19-,21-/m1/s1. The van der Waals surface area contributed by atoms with Gasteiger partial charge in [0.1, 0.15) is 6.10 Å². The van der Waals surface area contributed by atoms with Crippen LogP contribution in [0.2, 0.25) is 0 Å². The number of nitrogens with one attached hydrogen (secondary N) is 1. The second kappa shape index (κ2) is 7.12. The number of anilines is 1. The van der Waals surface area contributed by atoms with Crippen molar-refractivity contribution in [2.45, 2.75) is 31.3 Å². The van der Waals surface area contributed by atoms with Crippen molar-refractivity contribution in [2.75, 3.05) is 24.6 Å². The molecule has 6 heteroatoms. The molecular formula is C21H23N3O3. The van der Waals surface area contributed by atoms with Gasteiger partial charge in [-0.2, -0.15) is 0 Å². The van der Waals surface area contributed by atoms with Crippen molar-refractivity contribution < 1.29 is 14.3 Å². The Balaban J connectivity index is 1.41. The highest BCUT2D eigenvalue weighted by atomic mass is 16.5. The lowest BCUT2D eigenvalue weighted by Crippen LogP contribution is -2.38. The quantitative estimate of drug-likeness (QED) is 0.897. The van der Waals surface area contributed by atoms with Crippen LogP contribution in [0.4, 0.5) is 5.69 Å². The van der Waals surface area contributed by atoms with Crippen LogP contribution >= 0.6 is 0 Å². The Morgan fingerprint density at radius 3 is 2.93 bits per heavy atom. The minimum absolute atomic E-state index is 0.0173. The summed E-state index contributed by atoms with van der Waals surface area (Å²) in [5, 5.41) is 2.97. The molecule has 1 saturated heterocycles. The molecule has 1 N–H and O–H groups in total. The van der Waals surface area contributed by atoms with Gasteiger partial charge in [-0.3, -0.25) is 14.6 Å². The van der Waals surface area contributed by atoms with E-state index in [4.69, 9.17) is 4.74 Å². The van der Waals surface area contributed by atoms with E-state index in [1.165, 1.54) is 0 Å². The summed E-state index contributed by atoms with van der Waals surface area (Å²) in [6.07, 6.45) is 4.38. The number of benzene rings is 1. The third-order valence-electron chi connectivity index (χ3n) is 5.47. The zero-order valence-electron chi connectivity index (χ0n) is 15.4. The van der Waals surface area contributed by atoms with Crippen LogP contribution in [0, 0.1) is 0 Å². The fraction of sp³-hybridized carbons (Fsp3) is 0.381. The van der Waals surface area contributed by atoms with Gasteiger partial charge in [0.25, 0.3) is 0 Å². The Morgan fingerprint density at radius 2 is 2.15 bits per heavy atom. The van der Waals surface area contributed by atoms with Gasteiger partial charge >= 0.3 is 0 Å². The molecule has 1 spiro atoms. The predicted octanol–water partition coefficient (Wildman–Crippen LogP) is 1.83. The van der Waals surface area contributed by atoms with Crippen LogP contribution in [-0.4, -0.2) is 42.6 Å². The zero-order chi connectivity index (χ0) is 18.9. The van der Waals surface area contributed by atoms with Gasteiger partial charge in [0, 0.05) is 43.5 Å². The summed E-state index contributed by atoms with van der Waals surface area (Å²) in [6.45, 7) is 3.15. The maximum atomic E-state index is 12.6. The molecule has 1 aromatic heterocycles. The van der Waals surface area contributed by atoms with Crippen LogP contribution in [-0.2, 0) is 26.2 Å². The van der Waals surface area contributed by atoms with Crippen molar-refractivity contribution in [3.05, 3.63) is 59.9 Å². The highest BCUT2D eigenvalue weighted by molar-refractivity contribution is 5.95. The largest absolute Gasteiger partial charge is 0.367 e. The molecule has 0 aliphatic carbocycles. The molecule has 0 radical (unpaired) electrons. The van der Waals surface area contributed by atoms with Crippen molar-refractivity contribution in [3.63, 3.8) is 0 Å². The summed E-state index contributed by atoms with van der Waals surface area (Å²) < 4.78 is 5.88. The summed E-state index contributed by atoms with van der Waals surface area (Å²) in [4.78, 5) is 30.5. The molecule has 27 heavy (non-hydrogen) atoms. The fourth-order valence-electron chi connectivity index (χ4n) is 4.10. The number of nitrogens with zero attached hydrogens (tertiary/aromatic N) is 2. The number of aromatic nitrogens is 1. The maximum Gasteiger partial charge on any atom is 0.249 e. The molecule has 2 amide bonds. The van der Waals surface area contributed by atoms with Crippen molar-refractivity contribution in [2.24, 2.45) is 0 Å². The number of carbonyl (C=O) groups is 2. The van der Waals surface area contributed by atoms with E-state index in [0.717, 1.165) is 23.2 Å². The minimum atomic E-state index is -0.487. The molecule has 2 atom stereocenters. The first-order valence-corrected chi connectivity index (χ1v) is 9.25. The molecule has 1 aromatic carbocycles. The van der Waals surface area contributed by atoms with Crippen LogP contribution < -0.4 is 10.2 Å². The molecule has 2 aliphatic rings.